The molecule has 1 saturated carbocycles. The van der Waals surface area contributed by atoms with Crippen LogP contribution in [0.4, 0.5) is 0 Å². The maximum atomic E-state index is 7.17. The molecule has 3 N–H and O–H groups in total. The van der Waals surface area contributed by atoms with E-state index in [2.05, 4.69) is 6.92 Å². The Balaban J connectivity index is 2.40. The van der Waals surface area contributed by atoms with Crippen molar-refractivity contribution in [1.29, 1.82) is 5.41 Å². The van der Waals surface area contributed by atoms with Gasteiger partial charge in [-0.25, -0.2) is 0 Å². The van der Waals surface area contributed by atoms with Crippen LogP contribution < -0.4 is 5.73 Å². The zero-order valence-corrected chi connectivity index (χ0v) is 6.61. The minimum absolute atomic E-state index is 0.363. The van der Waals surface area contributed by atoms with E-state index in [4.69, 9.17) is 11.1 Å². The molecule has 10 heavy (non-hydrogen) atoms. The molecule has 0 amide bonds. The minimum Gasteiger partial charge on any atom is -0.388 e. The monoisotopic (exact) mass is 140 g/mol. The van der Waals surface area contributed by atoms with Crippen molar-refractivity contribution in [3.63, 3.8) is 0 Å². The van der Waals surface area contributed by atoms with E-state index in [1.54, 1.807) is 0 Å². The zero-order valence-electron chi connectivity index (χ0n) is 6.61. The van der Waals surface area contributed by atoms with Gasteiger partial charge < -0.3 is 5.73 Å². The average molecular weight is 140 g/mol. The Morgan fingerprint density at radius 2 is 2.20 bits per heavy atom. The number of nitrogens with two attached hydrogens (primary N) is 1. The van der Waals surface area contributed by atoms with Crippen LogP contribution in [0.1, 0.15) is 39.0 Å². The smallest absolute Gasteiger partial charge is 0.0910 e. The van der Waals surface area contributed by atoms with Crippen LogP contribution in [-0.2, 0) is 0 Å². The molecular formula is C8H16N2. The van der Waals surface area contributed by atoms with Gasteiger partial charge in [-0.1, -0.05) is 19.8 Å². The molecule has 0 aromatic carbocycles. The van der Waals surface area contributed by atoms with E-state index in [1.165, 1.54) is 25.7 Å². The first kappa shape index (κ1) is 7.58. The summed E-state index contributed by atoms with van der Waals surface area (Å²) in [5, 5.41) is 7.17. The summed E-state index contributed by atoms with van der Waals surface area (Å²) >= 11 is 0. The Hall–Kier alpha value is -0.530. The van der Waals surface area contributed by atoms with Gasteiger partial charge in [0.25, 0.3) is 0 Å². The second-order valence-electron chi connectivity index (χ2n) is 3.41. The fourth-order valence-corrected chi connectivity index (χ4v) is 1.74. The summed E-state index contributed by atoms with van der Waals surface area (Å²) in [5.41, 5.74) is 5.78. The molecule has 0 aliphatic heterocycles. The topological polar surface area (TPSA) is 49.9 Å². The maximum absolute atomic E-state index is 7.17. The van der Waals surface area contributed by atoms with Crippen LogP contribution in [0.2, 0.25) is 0 Å². The van der Waals surface area contributed by atoms with Crippen molar-refractivity contribution in [3.8, 4) is 0 Å². The van der Waals surface area contributed by atoms with Gasteiger partial charge >= 0.3 is 0 Å². The van der Waals surface area contributed by atoms with Crippen molar-refractivity contribution in [1.82, 2.24) is 0 Å². The van der Waals surface area contributed by atoms with Crippen LogP contribution in [0.15, 0.2) is 0 Å². The van der Waals surface area contributed by atoms with Crippen molar-refractivity contribution >= 4 is 5.84 Å². The summed E-state index contributed by atoms with van der Waals surface area (Å²) in [6.07, 6.45) is 5.91. The molecule has 0 radical (unpaired) electrons. The van der Waals surface area contributed by atoms with Crippen LogP contribution in [0, 0.1) is 10.8 Å². The SMILES string of the molecule is CCC1(CC(=N)N)CCC1. The number of rotatable bonds is 3. The normalized spacial score (nSPS) is 21.7. The lowest BCUT2D eigenvalue weighted by Crippen LogP contribution is -2.33. The fourth-order valence-electron chi connectivity index (χ4n) is 1.74. The molecule has 2 nitrogen and oxygen atoms in total. The third-order valence-corrected chi connectivity index (χ3v) is 2.73. The van der Waals surface area contributed by atoms with Crippen LogP contribution in [0.5, 0.6) is 0 Å². The molecule has 1 fully saturated rings. The highest BCUT2D eigenvalue weighted by Crippen LogP contribution is 2.46. The Labute approximate surface area is 62.3 Å². The van der Waals surface area contributed by atoms with E-state index in [0.29, 0.717) is 11.3 Å². The van der Waals surface area contributed by atoms with Gasteiger partial charge in [0, 0.05) is 6.42 Å². The summed E-state index contributed by atoms with van der Waals surface area (Å²) in [4.78, 5) is 0. The first-order valence-corrected chi connectivity index (χ1v) is 4.01. The largest absolute Gasteiger partial charge is 0.388 e. The van der Waals surface area contributed by atoms with Crippen LogP contribution >= 0.6 is 0 Å². The van der Waals surface area contributed by atoms with Gasteiger partial charge in [0.15, 0.2) is 0 Å². The molecule has 0 unspecified atom stereocenters. The van der Waals surface area contributed by atoms with Gasteiger partial charge in [0.1, 0.15) is 0 Å². The van der Waals surface area contributed by atoms with Crippen molar-refractivity contribution in [3.05, 3.63) is 0 Å². The molecule has 58 valence electrons. The second-order valence-corrected chi connectivity index (χ2v) is 3.41. The Bertz CT molecular complexity index is 131. The lowest BCUT2D eigenvalue weighted by atomic mass is 9.65. The standard InChI is InChI=1S/C8H16N2/c1-2-8(4-3-5-8)6-7(9)10/h2-6H2,1H3,(H3,9,10). The number of nitrogens with one attached hydrogen (secondary N) is 1. The third-order valence-electron chi connectivity index (χ3n) is 2.73. The fraction of sp³-hybridized carbons (Fsp3) is 0.875. The summed E-state index contributed by atoms with van der Waals surface area (Å²) in [5.74, 6) is 0.363. The lowest BCUT2D eigenvalue weighted by Gasteiger charge is -2.40. The van der Waals surface area contributed by atoms with Crippen molar-refractivity contribution in [2.24, 2.45) is 11.1 Å². The Morgan fingerprint density at radius 3 is 2.30 bits per heavy atom. The molecule has 0 spiro atoms. The Kier molecular flexibility index (Phi) is 1.97. The van der Waals surface area contributed by atoms with E-state index in [0.717, 1.165) is 6.42 Å². The molecule has 0 aromatic rings. The van der Waals surface area contributed by atoms with Crippen LogP contribution in [0.3, 0.4) is 0 Å². The quantitative estimate of drug-likeness (QED) is 0.456. The van der Waals surface area contributed by atoms with Gasteiger partial charge in [-0.15, -0.1) is 0 Å². The Morgan fingerprint density at radius 1 is 1.60 bits per heavy atom. The van der Waals surface area contributed by atoms with Crippen molar-refractivity contribution in [2.75, 3.05) is 0 Å². The maximum Gasteiger partial charge on any atom is 0.0910 e. The zero-order chi connectivity index (χ0) is 7.61. The van der Waals surface area contributed by atoms with E-state index in [1.807, 2.05) is 0 Å². The van der Waals surface area contributed by atoms with E-state index in [-0.39, 0.29) is 0 Å². The van der Waals surface area contributed by atoms with Crippen LogP contribution in [0.25, 0.3) is 0 Å². The summed E-state index contributed by atoms with van der Waals surface area (Å²) in [7, 11) is 0. The van der Waals surface area contributed by atoms with Gasteiger partial charge in [-0.2, -0.15) is 0 Å². The van der Waals surface area contributed by atoms with Crippen molar-refractivity contribution in [2.45, 2.75) is 39.0 Å². The average Bonchev–Trinajstić information content (AvgIpc) is 1.78. The number of hydrogen-bond acceptors (Lipinski definition) is 1. The predicted octanol–water partition coefficient (Wildman–Crippen LogP) is 1.89. The highest BCUT2D eigenvalue weighted by Gasteiger charge is 2.35. The summed E-state index contributed by atoms with van der Waals surface area (Å²) < 4.78 is 0. The first-order chi connectivity index (χ1) is 4.68. The molecule has 0 saturated heterocycles. The predicted molar refractivity (Wildman–Crippen MR) is 43.1 cm³/mol. The summed E-state index contributed by atoms with van der Waals surface area (Å²) in [6.45, 7) is 2.20. The van der Waals surface area contributed by atoms with E-state index >= 15 is 0 Å². The molecule has 1 aliphatic carbocycles. The minimum atomic E-state index is 0.363. The van der Waals surface area contributed by atoms with Gasteiger partial charge in [-0.05, 0) is 18.3 Å². The highest BCUT2D eigenvalue weighted by molar-refractivity contribution is 5.77. The highest BCUT2D eigenvalue weighted by atomic mass is 14.7. The van der Waals surface area contributed by atoms with Gasteiger partial charge in [0.05, 0.1) is 5.84 Å². The third kappa shape index (κ3) is 1.31. The van der Waals surface area contributed by atoms with Gasteiger partial charge in [-0.3, -0.25) is 5.41 Å². The molecular weight excluding hydrogens is 124 g/mol. The molecule has 0 atom stereocenters. The van der Waals surface area contributed by atoms with Crippen LogP contribution in [-0.4, -0.2) is 5.84 Å². The molecule has 0 heterocycles. The number of hydrogen-bond donors (Lipinski definition) is 2. The van der Waals surface area contributed by atoms with Crippen molar-refractivity contribution < 1.29 is 0 Å². The summed E-state index contributed by atoms with van der Waals surface area (Å²) in [6, 6.07) is 0. The molecule has 0 bridgehead atoms. The molecule has 1 rings (SSSR count). The molecule has 2 heteroatoms. The molecule has 0 aromatic heterocycles. The van der Waals surface area contributed by atoms with Gasteiger partial charge in [0.2, 0.25) is 0 Å². The second kappa shape index (κ2) is 2.60. The first-order valence-electron chi connectivity index (χ1n) is 4.01. The molecule has 1 aliphatic rings. The lowest BCUT2D eigenvalue weighted by molar-refractivity contribution is 0.137. The van der Waals surface area contributed by atoms with E-state index in [9.17, 15) is 0 Å². The number of amidine groups is 1. The van der Waals surface area contributed by atoms with E-state index < -0.39 is 0 Å².